The summed E-state index contributed by atoms with van der Waals surface area (Å²) in [4.78, 5) is 25.9. The number of amides is 1. The quantitative estimate of drug-likeness (QED) is 0.245. The molecule has 8 nitrogen and oxygen atoms in total. The van der Waals surface area contributed by atoms with E-state index in [2.05, 4.69) is 43.0 Å². The number of aromatic nitrogens is 2. The summed E-state index contributed by atoms with van der Waals surface area (Å²) in [5, 5.41) is 7.53. The van der Waals surface area contributed by atoms with Crippen molar-refractivity contribution in [2.24, 2.45) is 0 Å². The molecule has 1 fully saturated rings. The van der Waals surface area contributed by atoms with E-state index in [-0.39, 0.29) is 5.91 Å². The Bertz CT molecular complexity index is 1460. The SMILES string of the molecule is C=CC(=O)Nc1cc(-c2c(-c3ccccc3)oc3ncnc(NC4CCCC4)c23)ccc1N(C)CCN(C)C. The Balaban J connectivity index is 1.68. The summed E-state index contributed by atoms with van der Waals surface area (Å²) in [5.74, 6) is 1.23. The van der Waals surface area contributed by atoms with Crippen LogP contribution in [-0.2, 0) is 4.79 Å². The summed E-state index contributed by atoms with van der Waals surface area (Å²) < 4.78 is 6.42. The zero-order valence-electron chi connectivity index (χ0n) is 22.9. The maximum absolute atomic E-state index is 12.5. The average molecular weight is 525 g/mol. The molecule has 1 aliphatic rings. The van der Waals surface area contributed by atoms with Crippen LogP contribution in [0.25, 0.3) is 33.6 Å². The van der Waals surface area contributed by atoms with Crippen LogP contribution in [0.15, 0.2) is 71.9 Å². The van der Waals surface area contributed by atoms with Crippen molar-refractivity contribution in [3.05, 3.63) is 67.5 Å². The van der Waals surface area contributed by atoms with Crippen LogP contribution in [0.2, 0.25) is 0 Å². The van der Waals surface area contributed by atoms with Gasteiger partial charge in [-0.1, -0.05) is 55.8 Å². The van der Waals surface area contributed by atoms with E-state index in [0.717, 1.165) is 65.3 Å². The predicted octanol–water partition coefficient (Wildman–Crippen LogP) is 6.03. The fourth-order valence-corrected chi connectivity index (χ4v) is 5.15. The molecular weight excluding hydrogens is 488 g/mol. The number of likely N-dealkylation sites (N-methyl/N-ethyl adjacent to an activating group) is 2. The van der Waals surface area contributed by atoms with E-state index in [0.29, 0.717) is 17.4 Å². The van der Waals surface area contributed by atoms with Crippen molar-refractivity contribution in [2.45, 2.75) is 31.7 Å². The van der Waals surface area contributed by atoms with Crippen molar-refractivity contribution in [3.63, 3.8) is 0 Å². The molecule has 2 aromatic carbocycles. The molecule has 2 aromatic heterocycles. The molecule has 39 heavy (non-hydrogen) atoms. The standard InChI is InChI=1S/C31H36N6O2/c1-5-26(38)35-24-19-22(15-16-25(24)37(4)18-17-36(2)3)27-28-30(34-23-13-9-10-14-23)32-20-33-31(28)39-29(27)21-11-7-6-8-12-21/h5-8,11-12,15-16,19-20,23H,1,9-10,13-14,17-18H2,2-4H3,(H,35,38)(H,32,33,34). The predicted molar refractivity (Wildman–Crippen MR) is 159 cm³/mol. The molecule has 1 saturated carbocycles. The van der Waals surface area contributed by atoms with Crippen molar-refractivity contribution in [1.29, 1.82) is 0 Å². The monoisotopic (exact) mass is 524 g/mol. The van der Waals surface area contributed by atoms with E-state index in [4.69, 9.17) is 4.42 Å². The van der Waals surface area contributed by atoms with Crippen LogP contribution in [0, 0.1) is 0 Å². The lowest BCUT2D eigenvalue weighted by Crippen LogP contribution is -2.29. The molecule has 2 N–H and O–H groups in total. The average Bonchev–Trinajstić information content (AvgIpc) is 3.60. The highest BCUT2D eigenvalue weighted by atomic mass is 16.3. The zero-order chi connectivity index (χ0) is 27.4. The molecule has 2 heterocycles. The molecule has 1 amide bonds. The molecule has 0 spiro atoms. The summed E-state index contributed by atoms with van der Waals surface area (Å²) in [6.45, 7) is 5.33. The van der Waals surface area contributed by atoms with Gasteiger partial charge in [0.05, 0.1) is 16.8 Å². The van der Waals surface area contributed by atoms with Gasteiger partial charge in [0.15, 0.2) is 0 Å². The molecular formula is C31H36N6O2. The summed E-state index contributed by atoms with van der Waals surface area (Å²) in [7, 11) is 6.12. The number of carbonyl (C=O) groups excluding carboxylic acids is 1. The van der Waals surface area contributed by atoms with Gasteiger partial charge in [0, 0.05) is 37.3 Å². The molecule has 5 rings (SSSR count). The second-order valence-corrected chi connectivity index (χ2v) is 10.4. The number of nitrogens with one attached hydrogen (secondary N) is 2. The number of hydrogen-bond donors (Lipinski definition) is 2. The fraction of sp³-hybridized carbons (Fsp3) is 0.323. The molecule has 0 bridgehead atoms. The highest BCUT2D eigenvalue weighted by Gasteiger charge is 2.25. The number of furan rings is 1. The minimum atomic E-state index is -0.262. The molecule has 0 unspecified atom stereocenters. The van der Waals surface area contributed by atoms with Crippen molar-refractivity contribution >= 4 is 34.2 Å². The Morgan fingerprint density at radius 1 is 1.05 bits per heavy atom. The number of nitrogens with zero attached hydrogens (tertiary/aromatic N) is 4. The molecule has 202 valence electrons. The van der Waals surface area contributed by atoms with Gasteiger partial charge in [0.25, 0.3) is 0 Å². The van der Waals surface area contributed by atoms with E-state index in [1.165, 1.54) is 18.9 Å². The maximum Gasteiger partial charge on any atom is 0.247 e. The van der Waals surface area contributed by atoms with Gasteiger partial charge >= 0.3 is 0 Å². The molecule has 0 saturated heterocycles. The third-order valence-electron chi connectivity index (χ3n) is 7.24. The van der Waals surface area contributed by atoms with Gasteiger partial charge in [-0.15, -0.1) is 0 Å². The van der Waals surface area contributed by atoms with Crippen LogP contribution in [0.3, 0.4) is 0 Å². The number of hydrogen-bond acceptors (Lipinski definition) is 7. The Morgan fingerprint density at radius 3 is 2.54 bits per heavy atom. The summed E-state index contributed by atoms with van der Waals surface area (Å²) in [5.41, 5.74) is 4.90. The summed E-state index contributed by atoms with van der Waals surface area (Å²) in [6, 6.07) is 16.5. The Labute approximate surface area is 229 Å². The van der Waals surface area contributed by atoms with Gasteiger partial charge in [0.1, 0.15) is 17.9 Å². The van der Waals surface area contributed by atoms with Gasteiger partial charge in [-0.05, 0) is 50.7 Å². The lowest BCUT2D eigenvalue weighted by atomic mass is 9.98. The van der Waals surface area contributed by atoms with Crippen molar-refractivity contribution < 1.29 is 9.21 Å². The van der Waals surface area contributed by atoms with Crippen LogP contribution in [0.5, 0.6) is 0 Å². The van der Waals surface area contributed by atoms with Crippen LogP contribution >= 0.6 is 0 Å². The van der Waals surface area contributed by atoms with E-state index in [1.807, 2.05) is 63.6 Å². The van der Waals surface area contributed by atoms with Crippen LogP contribution in [-0.4, -0.2) is 61.0 Å². The lowest BCUT2D eigenvalue weighted by Gasteiger charge is -2.25. The van der Waals surface area contributed by atoms with Gasteiger partial charge in [0.2, 0.25) is 11.6 Å². The Hall–Kier alpha value is -4.17. The largest absolute Gasteiger partial charge is 0.437 e. The molecule has 0 aliphatic heterocycles. The number of benzene rings is 2. The third-order valence-corrected chi connectivity index (χ3v) is 7.24. The highest BCUT2D eigenvalue weighted by Crippen LogP contribution is 2.44. The maximum atomic E-state index is 12.5. The van der Waals surface area contributed by atoms with Crippen molar-refractivity contribution in [2.75, 3.05) is 49.8 Å². The fourth-order valence-electron chi connectivity index (χ4n) is 5.15. The van der Waals surface area contributed by atoms with Crippen molar-refractivity contribution in [1.82, 2.24) is 14.9 Å². The molecule has 0 atom stereocenters. The summed E-state index contributed by atoms with van der Waals surface area (Å²) >= 11 is 0. The highest BCUT2D eigenvalue weighted by molar-refractivity contribution is 6.08. The first-order valence-corrected chi connectivity index (χ1v) is 13.5. The first-order chi connectivity index (χ1) is 18.9. The number of fused-ring (bicyclic) bond motifs is 1. The number of carbonyl (C=O) groups is 1. The van der Waals surface area contributed by atoms with E-state index in [9.17, 15) is 4.79 Å². The van der Waals surface area contributed by atoms with Gasteiger partial charge in [-0.25, -0.2) is 9.97 Å². The number of rotatable bonds is 10. The van der Waals surface area contributed by atoms with Crippen LogP contribution in [0.1, 0.15) is 25.7 Å². The van der Waals surface area contributed by atoms with Gasteiger partial charge < -0.3 is 24.9 Å². The molecule has 4 aromatic rings. The van der Waals surface area contributed by atoms with E-state index >= 15 is 0 Å². The molecule has 0 radical (unpaired) electrons. The van der Waals surface area contributed by atoms with E-state index in [1.54, 1.807) is 6.33 Å². The zero-order valence-corrected chi connectivity index (χ0v) is 22.9. The van der Waals surface area contributed by atoms with Gasteiger partial charge in [-0.3, -0.25) is 4.79 Å². The van der Waals surface area contributed by atoms with E-state index < -0.39 is 0 Å². The van der Waals surface area contributed by atoms with Crippen LogP contribution in [0.4, 0.5) is 17.2 Å². The summed E-state index contributed by atoms with van der Waals surface area (Å²) in [6.07, 6.45) is 7.52. The third kappa shape index (κ3) is 5.81. The lowest BCUT2D eigenvalue weighted by molar-refractivity contribution is -0.111. The minimum Gasteiger partial charge on any atom is -0.437 e. The van der Waals surface area contributed by atoms with Crippen LogP contribution < -0.4 is 15.5 Å². The first-order valence-electron chi connectivity index (χ1n) is 13.5. The topological polar surface area (TPSA) is 86.5 Å². The first kappa shape index (κ1) is 26.4. The smallest absolute Gasteiger partial charge is 0.247 e. The second-order valence-electron chi connectivity index (χ2n) is 10.4. The van der Waals surface area contributed by atoms with Crippen molar-refractivity contribution in [3.8, 4) is 22.5 Å². The normalized spacial score (nSPS) is 13.6. The minimum absolute atomic E-state index is 0.262. The number of anilines is 3. The molecule has 1 aliphatic carbocycles. The molecule has 8 heteroatoms. The Kier molecular flexibility index (Phi) is 7.93. The second kappa shape index (κ2) is 11.7. The Morgan fingerprint density at radius 2 is 1.82 bits per heavy atom. The van der Waals surface area contributed by atoms with Gasteiger partial charge in [-0.2, -0.15) is 0 Å².